The average molecular weight is 384 g/mol. The maximum Gasteiger partial charge on any atom is 0.220 e. The molecule has 4 rings (SSSR count). The van der Waals surface area contributed by atoms with Crippen LogP contribution in [0.5, 0.6) is 0 Å². The summed E-state index contributed by atoms with van der Waals surface area (Å²) in [6.07, 6.45) is 5.18. The van der Waals surface area contributed by atoms with Gasteiger partial charge in [-0.25, -0.2) is 9.98 Å². The minimum absolute atomic E-state index is 0.0791. The maximum atomic E-state index is 9.47. The highest BCUT2D eigenvalue weighted by Crippen LogP contribution is 2.40. The number of rotatable bonds is 4. The fraction of sp³-hybridized carbons (Fsp3) is 0.550. The van der Waals surface area contributed by atoms with Gasteiger partial charge >= 0.3 is 0 Å². The van der Waals surface area contributed by atoms with Gasteiger partial charge in [-0.15, -0.1) is 0 Å². The Morgan fingerprint density at radius 1 is 1.18 bits per heavy atom. The van der Waals surface area contributed by atoms with Crippen molar-refractivity contribution in [2.75, 3.05) is 11.5 Å². The lowest BCUT2D eigenvalue weighted by molar-refractivity contribution is 0.275. The highest BCUT2D eigenvalue weighted by atomic mass is 16.3. The van der Waals surface area contributed by atoms with Gasteiger partial charge in [-0.05, 0) is 43.9 Å². The number of hydrogen-bond donors (Lipinski definition) is 3. The molecule has 1 aliphatic carbocycles. The first-order chi connectivity index (χ1) is 13.4. The molecule has 1 spiro atoms. The summed E-state index contributed by atoms with van der Waals surface area (Å²) in [6.45, 7) is 4.83. The number of benzene rings is 1. The molecule has 8 nitrogen and oxygen atoms in total. The smallest absolute Gasteiger partial charge is 0.220 e. The van der Waals surface area contributed by atoms with E-state index in [1.165, 1.54) is 6.42 Å². The van der Waals surface area contributed by atoms with Gasteiger partial charge in [-0.3, -0.25) is 4.90 Å². The number of aliphatic imine (C=N–C) groups is 2. The first kappa shape index (κ1) is 18.7. The maximum absolute atomic E-state index is 9.47. The zero-order chi connectivity index (χ0) is 19.9. The van der Waals surface area contributed by atoms with Gasteiger partial charge in [-0.1, -0.05) is 20.3 Å². The lowest BCUT2D eigenvalue weighted by Crippen LogP contribution is -2.58. The molecule has 0 saturated heterocycles. The molecule has 0 atom stereocenters. The van der Waals surface area contributed by atoms with Crippen molar-refractivity contribution in [1.29, 1.82) is 0 Å². The third kappa shape index (κ3) is 3.01. The normalized spacial score (nSPS) is 19.4. The highest BCUT2D eigenvalue weighted by molar-refractivity contribution is 6.06. The SMILES string of the molecule is CC(C)c1nc2cc(N3C(N)=NC(N)=NC34CCCCC4)ccc2n1CCO. The number of nitrogens with zero attached hydrogens (tertiary/aromatic N) is 5. The number of aliphatic hydroxyl groups excluding tert-OH is 1. The van der Waals surface area contributed by atoms with Crippen molar-refractivity contribution in [1.82, 2.24) is 9.55 Å². The van der Waals surface area contributed by atoms with E-state index in [1.54, 1.807) is 0 Å². The van der Waals surface area contributed by atoms with E-state index in [-0.39, 0.29) is 18.5 Å². The standard InChI is InChI=1S/C20H29N7O/c1-13(2)17-23-15-12-14(6-7-16(15)26(17)10-11-28)27-19(22)24-18(21)25-20(27)8-4-3-5-9-20/h6-7,12-13,28H,3-5,8-11H2,1-2H3,(H4,21,22,24,25). The third-order valence-electron chi connectivity index (χ3n) is 5.71. The lowest BCUT2D eigenvalue weighted by Gasteiger charge is -2.45. The van der Waals surface area contributed by atoms with Gasteiger partial charge in [0.05, 0.1) is 17.6 Å². The second kappa shape index (κ2) is 7.09. The van der Waals surface area contributed by atoms with E-state index in [2.05, 4.69) is 23.4 Å². The summed E-state index contributed by atoms with van der Waals surface area (Å²) in [6, 6.07) is 6.13. The van der Waals surface area contributed by atoms with Gasteiger partial charge < -0.3 is 21.1 Å². The predicted molar refractivity (Wildman–Crippen MR) is 112 cm³/mol. The Morgan fingerprint density at radius 2 is 1.93 bits per heavy atom. The van der Waals surface area contributed by atoms with Crippen LogP contribution in [0.4, 0.5) is 5.69 Å². The minimum atomic E-state index is -0.462. The van der Waals surface area contributed by atoms with Crippen LogP contribution in [0.15, 0.2) is 28.2 Å². The molecule has 8 heteroatoms. The number of hydrogen-bond acceptors (Lipinski definition) is 7. The van der Waals surface area contributed by atoms with Crippen LogP contribution in [0.3, 0.4) is 0 Å². The largest absolute Gasteiger partial charge is 0.395 e. The summed E-state index contributed by atoms with van der Waals surface area (Å²) >= 11 is 0. The van der Waals surface area contributed by atoms with E-state index in [0.717, 1.165) is 48.2 Å². The van der Waals surface area contributed by atoms with Crippen molar-refractivity contribution in [3.05, 3.63) is 24.0 Å². The Kier molecular flexibility index (Phi) is 4.74. The zero-order valence-electron chi connectivity index (χ0n) is 16.6. The molecule has 1 fully saturated rings. The van der Waals surface area contributed by atoms with Crippen LogP contribution in [-0.2, 0) is 6.54 Å². The number of fused-ring (bicyclic) bond motifs is 1. The molecule has 0 radical (unpaired) electrons. The molecule has 5 N–H and O–H groups in total. The monoisotopic (exact) mass is 383 g/mol. The van der Waals surface area contributed by atoms with Gasteiger partial charge in [0.1, 0.15) is 11.5 Å². The van der Waals surface area contributed by atoms with Gasteiger partial charge in [0.2, 0.25) is 11.9 Å². The number of nitrogens with two attached hydrogens (primary N) is 2. The molecule has 1 aliphatic heterocycles. The molecule has 2 aromatic rings. The molecular formula is C20H29N7O. The van der Waals surface area contributed by atoms with Crippen LogP contribution < -0.4 is 16.4 Å². The number of anilines is 1. The van der Waals surface area contributed by atoms with Gasteiger partial charge in [0.15, 0.2) is 0 Å². The molecule has 2 heterocycles. The third-order valence-corrected chi connectivity index (χ3v) is 5.71. The summed E-state index contributed by atoms with van der Waals surface area (Å²) in [5, 5.41) is 9.47. The second-order valence-electron chi connectivity index (χ2n) is 7.99. The first-order valence-electron chi connectivity index (χ1n) is 10.1. The van der Waals surface area contributed by atoms with Crippen molar-refractivity contribution in [2.24, 2.45) is 21.5 Å². The van der Waals surface area contributed by atoms with Crippen LogP contribution in [0, 0.1) is 0 Å². The van der Waals surface area contributed by atoms with E-state index in [9.17, 15) is 5.11 Å². The second-order valence-corrected chi connectivity index (χ2v) is 7.99. The quantitative estimate of drug-likeness (QED) is 0.748. The number of aromatic nitrogens is 2. The van der Waals surface area contributed by atoms with Crippen molar-refractivity contribution >= 4 is 28.6 Å². The van der Waals surface area contributed by atoms with E-state index in [4.69, 9.17) is 21.4 Å². The summed E-state index contributed by atoms with van der Waals surface area (Å²) in [7, 11) is 0. The molecule has 1 aromatic carbocycles. The van der Waals surface area contributed by atoms with Crippen molar-refractivity contribution < 1.29 is 5.11 Å². The Labute approximate surface area is 165 Å². The molecular weight excluding hydrogens is 354 g/mol. The Balaban J connectivity index is 1.82. The number of imidazole rings is 1. The van der Waals surface area contributed by atoms with Crippen LogP contribution in [0.1, 0.15) is 57.7 Å². The molecule has 0 bridgehead atoms. The topological polar surface area (TPSA) is 118 Å². The summed E-state index contributed by atoms with van der Waals surface area (Å²) < 4.78 is 2.09. The van der Waals surface area contributed by atoms with Gasteiger partial charge in [0.25, 0.3) is 0 Å². The van der Waals surface area contributed by atoms with Gasteiger partial charge in [-0.2, -0.15) is 4.99 Å². The van der Waals surface area contributed by atoms with Crippen LogP contribution in [-0.4, -0.2) is 38.8 Å². The highest BCUT2D eigenvalue weighted by Gasteiger charge is 2.42. The summed E-state index contributed by atoms with van der Waals surface area (Å²) in [4.78, 5) is 15.8. The molecule has 0 unspecified atom stereocenters. The van der Waals surface area contributed by atoms with Crippen molar-refractivity contribution in [3.8, 4) is 0 Å². The fourth-order valence-electron chi connectivity index (χ4n) is 4.55. The van der Waals surface area contributed by atoms with Gasteiger partial charge in [0, 0.05) is 18.2 Å². The van der Waals surface area contributed by atoms with E-state index in [1.807, 2.05) is 23.1 Å². The van der Waals surface area contributed by atoms with E-state index >= 15 is 0 Å². The Bertz CT molecular complexity index is 937. The first-order valence-corrected chi connectivity index (χ1v) is 10.1. The van der Waals surface area contributed by atoms with Crippen LogP contribution in [0.25, 0.3) is 11.0 Å². The molecule has 2 aliphatic rings. The van der Waals surface area contributed by atoms with E-state index in [0.29, 0.717) is 12.5 Å². The molecule has 150 valence electrons. The molecule has 1 saturated carbocycles. The van der Waals surface area contributed by atoms with E-state index < -0.39 is 5.66 Å². The zero-order valence-corrected chi connectivity index (χ0v) is 16.6. The molecule has 1 aromatic heterocycles. The predicted octanol–water partition coefficient (Wildman–Crippen LogP) is 2.26. The Morgan fingerprint density at radius 3 is 2.61 bits per heavy atom. The minimum Gasteiger partial charge on any atom is -0.395 e. The Hall–Kier alpha value is -2.61. The summed E-state index contributed by atoms with van der Waals surface area (Å²) in [5.41, 5.74) is 14.7. The summed E-state index contributed by atoms with van der Waals surface area (Å²) in [5.74, 6) is 1.87. The van der Waals surface area contributed by atoms with Crippen LogP contribution >= 0.6 is 0 Å². The van der Waals surface area contributed by atoms with Crippen molar-refractivity contribution in [3.63, 3.8) is 0 Å². The molecule has 0 amide bonds. The molecule has 28 heavy (non-hydrogen) atoms. The lowest BCUT2D eigenvalue weighted by atomic mass is 9.87. The van der Waals surface area contributed by atoms with Crippen LogP contribution in [0.2, 0.25) is 0 Å². The average Bonchev–Trinajstić information content (AvgIpc) is 3.00. The number of guanidine groups is 2. The fourth-order valence-corrected chi connectivity index (χ4v) is 4.55. The number of aliphatic hydroxyl groups is 1. The van der Waals surface area contributed by atoms with Crippen molar-refractivity contribution in [2.45, 2.75) is 64.1 Å².